The lowest BCUT2D eigenvalue weighted by atomic mass is 9.74. The Morgan fingerprint density at radius 3 is 2.81 bits per heavy atom. The number of carbonyl (C=O) groups excluding carboxylic acids is 2. The maximum Gasteiger partial charge on any atom is 0.267 e. The molecule has 1 N–H and O–H groups in total. The molecule has 0 bridgehead atoms. The van der Waals surface area contributed by atoms with E-state index in [0.717, 1.165) is 11.3 Å². The van der Waals surface area contributed by atoms with E-state index in [1.54, 1.807) is 30.3 Å². The van der Waals surface area contributed by atoms with E-state index in [-0.39, 0.29) is 23.9 Å². The van der Waals surface area contributed by atoms with Crippen molar-refractivity contribution in [2.75, 3.05) is 11.9 Å². The second-order valence-corrected chi connectivity index (χ2v) is 8.08. The molecule has 0 radical (unpaired) electrons. The Hall–Kier alpha value is -3.75. The van der Waals surface area contributed by atoms with E-state index in [1.165, 1.54) is 10.7 Å². The number of hydrogen-bond donors (Lipinski definition) is 1. The number of anilines is 1. The zero-order valence-corrected chi connectivity index (χ0v) is 17.3. The lowest BCUT2D eigenvalue weighted by Crippen LogP contribution is -2.45. The average Bonchev–Trinajstić information content (AvgIpc) is 3.42. The lowest BCUT2D eigenvalue weighted by molar-refractivity contribution is -0.134. The highest BCUT2D eigenvalue weighted by atomic mass is 16.2. The van der Waals surface area contributed by atoms with Gasteiger partial charge in [-0.1, -0.05) is 18.2 Å². The van der Waals surface area contributed by atoms with Crippen LogP contribution in [0.25, 0.3) is 0 Å². The van der Waals surface area contributed by atoms with E-state index in [9.17, 15) is 14.4 Å². The van der Waals surface area contributed by atoms with Crippen molar-refractivity contribution in [1.29, 1.82) is 0 Å². The van der Waals surface area contributed by atoms with Gasteiger partial charge in [0.1, 0.15) is 23.8 Å². The fourth-order valence-electron chi connectivity index (χ4n) is 4.84. The Morgan fingerprint density at radius 1 is 1.23 bits per heavy atom. The molecule has 3 aromatic rings. The average molecular weight is 418 g/mol. The summed E-state index contributed by atoms with van der Waals surface area (Å²) < 4.78 is 3.00. The summed E-state index contributed by atoms with van der Waals surface area (Å²) in [6.45, 7) is 1.95. The van der Waals surface area contributed by atoms with Crippen molar-refractivity contribution in [2.45, 2.75) is 31.3 Å². The summed E-state index contributed by atoms with van der Waals surface area (Å²) in [7, 11) is 1.85. The minimum absolute atomic E-state index is 0.136. The predicted molar refractivity (Wildman–Crippen MR) is 112 cm³/mol. The first-order chi connectivity index (χ1) is 14.9. The van der Waals surface area contributed by atoms with Crippen LogP contribution in [-0.4, -0.2) is 42.6 Å². The minimum atomic E-state index is -0.934. The summed E-state index contributed by atoms with van der Waals surface area (Å²) >= 11 is 0. The molecule has 1 fully saturated rings. The summed E-state index contributed by atoms with van der Waals surface area (Å²) in [6, 6.07) is 10.0. The van der Waals surface area contributed by atoms with Gasteiger partial charge >= 0.3 is 0 Å². The van der Waals surface area contributed by atoms with Crippen LogP contribution >= 0.6 is 0 Å². The van der Waals surface area contributed by atoms with Crippen LogP contribution in [0.4, 0.5) is 5.69 Å². The molecule has 9 heteroatoms. The molecule has 4 heterocycles. The number of rotatable bonds is 3. The fraction of sp³-hybridized carbons (Fsp3) is 0.318. The highest BCUT2D eigenvalue weighted by molar-refractivity contribution is 6.07. The molecule has 0 saturated carbocycles. The largest absolute Gasteiger partial charge is 0.336 e. The number of para-hydroxylation sites is 1. The van der Waals surface area contributed by atoms with E-state index in [0.29, 0.717) is 24.5 Å². The molecule has 2 aromatic heterocycles. The Bertz CT molecular complexity index is 1260. The van der Waals surface area contributed by atoms with Crippen molar-refractivity contribution in [3.63, 3.8) is 0 Å². The Kier molecular flexibility index (Phi) is 4.28. The predicted octanol–water partition coefficient (Wildman–Crippen LogP) is 1.15. The van der Waals surface area contributed by atoms with Gasteiger partial charge < -0.3 is 14.8 Å². The molecule has 0 unspecified atom stereocenters. The van der Waals surface area contributed by atoms with Crippen molar-refractivity contribution in [3.05, 3.63) is 76.2 Å². The highest BCUT2D eigenvalue weighted by Crippen LogP contribution is 2.54. The van der Waals surface area contributed by atoms with Crippen LogP contribution in [0.5, 0.6) is 0 Å². The summed E-state index contributed by atoms with van der Waals surface area (Å²) in [5.74, 6) is 0.215. The van der Waals surface area contributed by atoms with Crippen LogP contribution in [0.2, 0.25) is 0 Å². The molecule has 2 aliphatic rings. The third-order valence-corrected chi connectivity index (χ3v) is 6.29. The summed E-state index contributed by atoms with van der Waals surface area (Å²) in [5, 5.41) is 7.17. The number of aromatic nitrogens is 4. The summed E-state index contributed by atoms with van der Waals surface area (Å²) in [6.07, 6.45) is 3.93. The van der Waals surface area contributed by atoms with E-state index < -0.39 is 11.5 Å². The molecule has 1 spiro atoms. The van der Waals surface area contributed by atoms with Crippen LogP contribution in [0.1, 0.15) is 29.5 Å². The van der Waals surface area contributed by atoms with Gasteiger partial charge in [-0.2, -0.15) is 5.10 Å². The number of aryl methyl sites for hydroxylation is 2. The number of amides is 2. The maximum atomic E-state index is 13.4. The van der Waals surface area contributed by atoms with E-state index in [1.807, 2.05) is 35.9 Å². The molecule has 2 atom stereocenters. The normalized spacial score (nSPS) is 22.1. The zero-order valence-electron chi connectivity index (χ0n) is 17.3. The smallest absolute Gasteiger partial charge is 0.267 e. The number of nitrogens with zero attached hydrogens (tertiary/aromatic N) is 5. The van der Waals surface area contributed by atoms with Gasteiger partial charge in [0.15, 0.2) is 0 Å². The van der Waals surface area contributed by atoms with Gasteiger partial charge in [-0.25, -0.2) is 9.67 Å². The van der Waals surface area contributed by atoms with Gasteiger partial charge in [0, 0.05) is 37.7 Å². The molecule has 31 heavy (non-hydrogen) atoms. The number of imidazole rings is 1. The van der Waals surface area contributed by atoms with Crippen LogP contribution in [0, 0.1) is 6.92 Å². The first kappa shape index (κ1) is 19.2. The topological polar surface area (TPSA) is 102 Å². The Labute approximate surface area is 178 Å². The molecule has 1 aromatic carbocycles. The van der Waals surface area contributed by atoms with E-state index in [2.05, 4.69) is 15.4 Å². The molecular weight excluding hydrogens is 396 g/mol. The Balaban J connectivity index is 1.60. The molecule has 2 aliphatic heterocycles. The summed E-state index contributed by atoms with van der Waals surface area (Å²) in [5.41, 5.74) is 1.00. The zero-order chi connectivity index (χ0) is 21.8. The Morgan fingerprint density at radius 2 is 2.03 bits per heavy atom. The van der Waals surface area contributed by atoms with Crippen molar-refractivity contribution in [2.24, 2.45) is 7.05 Å². The third-order valence-electron chi connectivity index (χ3n) is 6.29. The highest BCUT2D eigenvalue weighted by Gasteiger charge is 2.60. The quantitative estimate of drug-likeness (QED) is 0.688. The molecule has 158 valence electrons. The molecule has 2 amide bonds. The van der Waals surface area contributed by atoms with Crippen molar-refractivity contribution < 1.29 is 9.59 Å². The van der Waals surface area contributed by atoms with Gasteiger partial charge in [0.25, 0.3) is 5.56 Å². The van der Waals surface area contributed by atoms with Crippen molar-refractivity contribution in [3.8, 4) is 0 Å². The fourth-order valence-corrected chi connectivity index (χ4v) is 4.84. The van der Waals surface area contributed by atoms with Crippen LogP contribution in [0.3, 0.4) is 0 Å². The first-order valence-electron chi connectivity index (χ1n) is 10.1. The standard InChI is InChI=1S/C22H22N6O3/c1-14-7-8-17(29)28(25-14)13-18(30)27-11-9-22(19(27)20-23-10-12-26(20)2)15-5-3-4-6-16(15)24-21(22)31/h3-8,10,12,19H,9,11,13H2,1-2H3,(H,24,31)/t19-,22+/m0/s1. The van der Waals surface area contributed by atoms with Gasteiger partial charge in [-0.15, -0.1) is 0 Å². The van der Waals surface area contributed by atoms with Crippen molar-refractivity contribution in [1.82, 2.24) is 24.2 Å². The number of benzene rings is 1. The number of fused-ring (bicyclic) bond motifs is 2. The maximum absolute atomic E-state index is 13.4. The van der Waals surface area contributed by atoms with Crippen LogP contribution in [-0.2, 0) is 28.6 Å². The monoisotopic (exact) mass is 418 g/mol. The first-order valence-corrected chi connectivity index (χ1v) is 10.1. The van der Waals surface area contributed by atoms with E-state index >= 15 is 0 Å². The van der Waals surface area contributed by atoms with Gasteiger partial charge in [0.05, 0.1) is 5.69 Å². The molecule has 1 saturated heterocycles. The van der Waals surface area contributed by atoms with Gasteiger partial charge in [-0.05, 0) is 31.0 Å². The van der Waals surface area contributed by atoms with Gasteiger partial charge in [-0.3, -0.25) is 14.4 Å². The second kappa shape index (κ2) is 6.90. The molecule has 0 aliphatic carbocycles. The minimum Gasteiger partial charge on any atom is -0.336 e. The number of hydrogen-bond acceptors (Lipinski definition) is 5. The third kappa shape index (κ3) is 2.80. The van der Waals surface area contributed by atoms with Gasteiger partial charge in [0.2, 0.25) is 11.8 Å². The van der Waals surface area contributed by atoms with Crippen LogP contribution in [0.15, 0.2) is 53.6 Å². The van der Waals surface area contributed by atoms with Crippen molar-refractivity contribution >= 4 is 17.5 Å². The van der Waals surface area contributed by atoms with E-state index in [4.69, 9.17) is 0 Å². The molecule has 9 nitrogen and oxygen atoms in total. The number of likely N-dealkylation sites (tertiary alicyclic amines) is 1. The summed E-state index contributed by atoms with van der Waals surface area (Å²) in [4.78, 5) is 45.1. The van der Waals surface area contributed by atoms with Crippen LogP contribution < -0.4 is 10.9 Å². The lowest BCUT2D eigenvalue weighted by Gasteiger charge is -2.33. The SMILES string of the molecule is Cc1ccc(=O)n(CC(=O)N2CC[C@]3(C(=O)Nc4ccccc43)[C@@H]2c2nccn2C)n1. The molecule has 5 rings (SSSR count). The number of carbonyl (C=O) groups is 2. The molecular formula is C22H22N6O3. The number of nitrogens with one attached hydrogen (secondary N) is 1. The second-order valence-electron chi connectivity index (χ2n) is 8.08.